The minimum atomic E-state index is 0.0949. The zero-order chi connectivity index (χ0) is 9.30. The standard InChI is InChI=1S/C9H17N3/c1-6(2)8(10)9-7(3)5-11-12(9)4/h5-6,8H,10H2,1-4H3. The van der Waals surface area contributed by atoms with Crippen molar-refractivity contribution in [3.63, 3.8) is 0 Å². The van der Waals surface area contributed by atoms with Crippen LogP contribution in [0.4, 0.5) is 0 Å². The fraction of sp³-hybridized carbons (Fsp3) is 0.667. The van der Waals surface area contributed by atoms with Crippen LogP contribution in [-0.4, -0.2) is 9.78 Å². The molecule has 0 aromatic carbocycles. The summed E-state index contributed by atoms with van der Waals surface area (Å²) in [6, 6.07) is 0.0949. The van der Waals surface area contributed by atoms with Gasteiger partial charge in [-0.05, 0) is 18.4 Å². The molecule has 0 saturated heterocycles. The largest absolute Gasteiger partial charge is 0.322 e. The molecule has 0 bridgehead atoms. The molecular weight excluding hydrogens is 150 g/mol. The van der Waals surface area contributed by atoms with Gasteiger partial charge in [-0.1, -0.05) is 13.8 Å². The van der Waals surface area contributed by atoms with Gasteiger partial charge in [-0.15, -0.1) is 0 Å². The van der Waals surface area contributed by atoms with E-state index in [1.165, 1.54) is 5.56 Å². The van der Waals surface area contributed by atoms with Crippen LogP contribution in [0.2, 0.25) is 0 Å². The first-order valence-corrected chi connectivity index (χ1v) is 4.28. The van der Waals surface area contributed by atoms with Gasteiger partial charge < -0.3 is 5.73 Å². The fourth-order valence-corrected chi connectivity index (χ4v) is 1.35. The second-order valence-corrected chi connectivity index (χ2v) is 3.61. The van der Waals surface area contributed by atoms with Crippen LogP contribution in [-0.2, 0) is 7.05 Å². The Morgan fingerprint density at radius 1 is 1.50 bits per heavy atom. The maximum Gasteiger partial charge on any atom is 0.0579 e. The molecule has 1 unspecified atom stereocenters. The van der Waals surface area contributed by atoms with Crippen molar-refractivity contribution >= 4 is 0 Å². The Bertz CT molecular complexity index is 243. The SMILES string of the molecule is Cc1cnn(C)c1C(N)C(C)C. The second kappa shape index (κ2) is 3.27. The van der Waals surface area contributed by atoms with Gasteiger partial charge in [-0.2, -0.15) is 5.10 Å². The first kappa shape index (κ1) is 9.26. The summed E-state index contributed by atoms with van der Waals surface area (Å²) in [6.45, 7) is 6.29. The van der Waals surface area contributed by atoms with Gasteiger partial charge in [0.15, 0.2) is 0 Å². The van der Waals surface area contributed by atoms with Gasteiger partial charge in [0, 0.05) is 13.1 Å². The van der Waals surface area contributed by atoms with Gasteiger partial charge >= 0.3 is 0 Å². The van der Waals surface area contributed by atoms with E-state index in [1.54, 1.807) is 0 Å². The van der Waals surface area contributed by atoms with Gasteiger partial charge in [0.2, 0.25) is 0 Å². The average Bonchev–Trinajstić information content (AvgIpc) is 2.30. The summed E-state index contributed by atoms with van der Waals surface area (Å²) < 4.78 is 1.86. The predicted octanol–water partition coefficient (Wildman–Crippen LogP) is 1.38. The van der Waals surface area contributed by atoms with Crippen LogP contribution in [0.5, 0.6) is 0 Å². The third-order valence-corrected chi connectivity index (χ3v) is 2.21. The number of hydrogen-bond acceptors (Lipinski definition) is 2. The number of aryl methyl sites for hydroxylation is 2. The van der Waals surface area contributed by atoms with Crippen LogP contribution >= 0.6 is 0 Å². The van der Waals surface area contributed by atoms with Crippen molar-refractivity contribution in [2.75, 3.05) is 0 Å². The lowest BCUT2D eigenvalue weighted by Gasteiger charge is -2.16. The molecule has 1 aromatic heterocycles. The highest BCUT2D eigenvalue weighted by atomic mass is 15.3. The molecule has 0 aliphatic rings. The van der Waals surface area contributed by atoms with Crippen LogP contribution in [0.3, 0.4) is 0 Å². The van der Waals surface area contributed by atoms with E-state index < -0.39 is 0 Å². The molecule has 1 rings (SSSR count). The minimum absolute atomic E-state index is 0.0949. The number of hydrogen-bond donors (Lipinski definition) is 1. The lowest BCUT2D eigenvalue weighted by atomic mass is 10.00. The summed E-state index contributed by atoms with van der Waals surface area (Å²) in [5.74, 6) is 0.457. The van der Waals surface area contributed by atoms with Crippen molar-refractivity contribution in [3.05, 3.63) is 17.5 Å². The summed E-state index contributed by atoms with van der Waals surface area (Å²) >= 11 is 0. The molecule has 1 aromatic rings. The van der Waals surface area contributed by atoms with E-state index in [0.29, 0.717) is 5.92 Å². The number of nitrogens with two attached hydrogens (primary N) is 1. The Kier molecular flexibility index (Phi) is 2.52. The first-order chi connectivity index (χ1) is 5.54. The molecule has 0 fully saturated rings. The Morgan fingerprint density at radius 3 is 2.42 bits per heavy atom. The van der Waals surface area contributed by atoms with Crippen molar-refractivity contribution in [1.29, 1.82) is 0 Å². The molecule has 12 heavy (non-hydrogen) atoms. The van der Waals surface area contributed by atoms with Gasteiger partial charge in [0.05, 0.1) is 11.9 Å². The van der Waals surface area contributed by atoms with Crippen LogP contribution in [0.15, 0.2) is 6.20 Å². The van der Waals surface area contributed by atoms with E-state index in [1.807, 2.05) is 24.9 Å². The summed E-state index contributed by atoms with van der Waals surface area (Å²) in [5.41, 5.74) is 8.35. The Labute approximate surface area is 73.6 Å². The molecular formula is C9H17N3. The van der Waals surface area contributed by atoms with E-state index in [0.717, 1.165) is 5.69 Å². The zero-order valence-corrected chi connectivity index (χ0v) is 8.20. The van der Waals surface area contributed by atoms with Crippen molar-refractivity contribution < 1.29 is 0 Å². The molecule has 0 saturated carbocycles. The van der Waals surface area contributed by atoms with E-state index in [-0.39, 0.29) is 6.04 Å². The van der Waals surface area contributed by atoms with E-state index >= 15 is 0 Å². The molecule has 0 amide bonds. The van der Waals surface area contributed by atoms with Crippen LogP contribution in [0.1, 0.15) is 31.1 Å². The third-order valence-electron chi connectivity index (χ3n) is 2.21. The van der Waals surface area contributed by atoms with E-state index in [9.17, 15) is 0 Å². The van der Waals surface area contributed by atoms with E-state index in [4.69, 9.17) is 5.73 Å². The zero-order valence-electron chi connectivity index (χ0n) is 8.20. The maximum absolute atomic E-state index is 6.02. The Morgan fingerprint density at radius 2 is 2.08 bits per heavy atom. The molecule has 0 radical (unpaired) electrons. The third kappa shape index (κ3) is 1.50. The lowest BCUT2D eigenvalue weighted by Crippen LogP contribution is -2.20. The minimum Gasteiger partial charge on any atom is -0.322 e. The summed E-state index contributed by atoms with van der Waals surface area (Å²) in [4.78, 5) is 0. The highest BCUT2D eigenvalue weighted by molar-refractivity contribution is 5.19. The van der Waals surface area contributed by atoms with Crippen LogP contribution in [0, 0.1) is 12.8 Å². The molecule has 0 spiro atoms. The molecule has 1 atom stereocenters. The molecule has 3 heteroatoms. The monoisotopic (exact) mass is 167 g/mol. The highest BCUT2D eigenvalue weighted by Crippen LogP contribution is 2.20. The van der Waals surface area contributed by atoms with Crippen molar-refractivity contribution in [2.24, 2.45) is 18.7 Å². The number of aromatic nitrogens is 2. The second-order valence-electron chi connectivity index (χ2n) is 3.61. The quantitative estimate of drug-likeness (QED) is 0.723. The lowest BCUT2D eigenvalue weighted by molar-refractivity contribution is 0.478. The molecule has 1 heterocycles. The van der Waals surface area contributed by atoms with Crippen LogP contribution < -0.4 is 5.73 Å². The summed E-state index contributed by atoms with van der Waals surface area (Å²) in [5, 5.41) is 4.16. The Hall–Kier alpha value is -0.830. The fourth-order valence-electron chi connectivity index (χ4n) is 1.35. The summed E-state index contributed by atoms with van der Waals surface area (Å²) in [7, 11) is 1.94. The predicted molar refractivity (Wildman–Crippen MR) is 49.7 cm³/mol. The normalized spacial score (nSPS) is 13.8. The van der Waals surface area contributed by atoms with Crippen molar-refractivity contribution in [1.82, 2.24) is 9.78 Å². The van der Waals surface area contributed by atoms with Crippen molar-refractivity contribution in [2.45, 2.75) is 26.8 Å². The highest BCUT2D eigenvalue weighted by Gasteiger charge is 2.16. The topological polar surface area (TPSA) is 43.8 Å². The van der Waals surface area contributed by atoms with Gasteiger partial charge in [0.1, 0.15) is 0 Å². The molecule has 0 aliphatic carbocycles. The van der Waals surface area contributed by atoms with Gasteiger partial charge in [0.25, 0.3) is 0 Å². The molecule has 3 nitrogen and oxygen atoms in total. The average molecular weight is 167 g/mol. The molecule has 68 valence electrons. The van der Waals surface area contributed by atoms with Crippen molar-refractivity contribution in [3.8, 4) is 0 Å². The number of rotatable bonds is 2. The molecule has 0 aliphatic heterocycles. The number of nitrogens with zero attached hydrogens (tertiary/aromatic N) is 2. The van der Waals surface area contributed by atoms with Gasteiger partial charge in [-0.25, -0.2) is 0 Å². The molecule has 2 N–H and O–H groups in total. The van der Waals surface area contributed by atoms with E-state index in [2.05, 4.69) is 18.9 Å². The maximum atomic E-state index is 6.02. The Balaban J connectivity index is 3.00. The van der Waals surface area contributed by atoms with Gasteiger partial charge in [-0.3, -0.25) is 4.68 Å². The first-order valence-electron chi connectivity index (χ1n) is 4.28. The smallest absolute Gasteiger partial charge is 0.0579 e. The summed E-state index contributed by atoms with van der Waals surface area (Å²) in [6.07, 6.45) is 1.86. The van der Waals surface area contributed by atoms with Crippen LogP contribution in [0.25, 0.3) is 0 Å².